The van der Waals surface area contributed by atoms with Crippen molar-refractivity contribution in [2.24, 2.45) is 0 Å². The van der Waals surface area contributed by atoms with Gasteiger partial charge in [0.05, 0.1) is 23.7 Å². The SMILES string of the molecule is Cc1nc2c([N+](=O)[O-])cc(N3CCOCC3)cc2n1Cc1cccc2ccccc12. The van der Waals surface area contributed by atoms with Crippen LogP contribution in [0.4, 0.5) is 11.4 Å². The third kappa shape index (κ3) is 3.17. The number of aromatic nitrogens is 2. The van der Waals surface area contributed by atoms with Gasteiger partial charge in [0.15, 0.2) is 5.52 Å². The Balaban J connectivity index is 1.67. The normalized spacial score (nSPS) is 14.5. The van der Waals surface area contributed by atoms with Crippen LogP contribution in [0.25, 0.3) is 21.8 Å². The number of morpholine rings is 1. The minimum atomic E-state index is -0.332. The average molecular weight is 402 g/mol. The first-order valence-corrected chi connectivity index (χ1v) is 10.1. The zero-order chi connectivity index (χ0) is 20.7. The molecule has 7 nitrogen and oxygen atoms in total. The second-order valence-corrected chi connectivity index (χ2v) is 7.57. The van der Waals surface area contributed by atoms with Crippen molar-refractivity contribution in [2.75, 3.05) is 31.2 Å². The lowest BCUT2D eigenvalue weighted by Gasteiger charge is -2.28. The first-order valence-electron chi connectivity index (χ1n) is 10.1. The molecule has 1 fully saturated rings. The molecule has 0 amide bonds. The van der Waals surface area contributed by atoms with E-state index in [1.165, 1.54) is 10.8 Å². The number of rotatable bonds is 4. The van der Waals surface area contributed by atoms with Crippen LogP contribution in [0.15, 0.2) is 54.6 Å². The van der Waals surface area contributed by atoms with Crippen molar-refractivity contribution in [1.82, 2.24) is 9.55 Å². The molecule has 0 atom stereocenters. The highest BCUT2D eigenvalue weighted by Gasteiger charge is 2.23. The number of nitro benzene ring substituents is 1. The molecule has 0 radical (unpaired) electrons. The van der Waals surface area contributed by atoms with Gasteiger partial charge >= 0.3 is 0 Å². The summed E-state index contributed by atoms with van der Waals surface area (Å²) in [6.45, 7) is 5.20. The smallest absolute Gasteiger partial charge is 0.299 e. The second kappa shape index (κ2) is 7.42. The van der Waals surface area contributed by atoms with E-state index < -0.39 is 0 Å². The predicted octanol–water partition coefficient (Wildman–Crippen LogP) is 4.29. The molecule has 0 spiro atoms. The Morgan fingerprint density at radius 1 is 1.10 bits per heavy atom. The number of benzene rings is 3. The first kappa shape index (κ1) is 18.6. The van der Waals surface area contributed by atoms with Crippen LogP contribution >= 0.6 is 0 Å². The van der Waals surface area contributed by atoms with Crippen LogP contribution in [0.5, 0.6) is 0 Å². The third-order valence-corrected chi connectivity index (χ3v) is 5.79. The molecule has 1 aliphatic heterocycles. The molecule has 2 heterocycles. The van der Waals surface area contributed by atoms with Crippen molar-refractivity contribution in [3.8, 4) is 0 Å². The molecule has 3 aromatic carbocycles. The van der Waals surface area contributed by atoms with Gasteiger partial charge in [0.2, 0.25) is 0 Å². The van der Waals surface area contributed by atoms with E-state index in [0.717, 1.165) is 35.7 Å². The highest BCUT2D eigenvalue weighted by molar-refractivity contribution is 5.90. The quantitative estimate of drug-likeness (QED) is 0.376. The van der Waals surface area contributed by atoms with E-state index in [2.05, 4.69) is 38.7 Å². The van der Waals surface area contributed by atoms with Gasteiger partial charge in [-0.15, -0.1) is 0 Å². The van der Waals surface area contributed by atoms with Gasteiger partial charge in [-0.2, -0.15) is 0 Å². The summed E-state index contributed by atoms with van der Waals surface area (Å²) in [5.74, 6) is 0.764. The van der Waals surface area contributed by atoms with E-state index in [0.29, 0.717) is 25.3 Å². The lowest BCUT2D eigenvalue weighted by Crippen LogP contribution is -2.36. The molecule has 0 N–H and O–H groups in total. The van der Waals surface area contributed by atoms with Gasteiger partial charge in [-0.3, -0.25) is 10.1 Å². The lowest BCUT2D eigenvalue weighted by atomic mass is 10.0. The summed E-state index contributed by atoms with van der Waals surface area (Å²) in [5.41, 5.74) is 3.28. The van der Waals surface area contributed by atoms with Gasteiger partial charge in [0, 0.05) is 31.4 Å². The van der Waals surface area contributed by atoms with Crippen molar-refractivity contribution in [1.29, 1.82) is 0 Å². The second-order valence-electron chi connectivity index (χ2n) is 7.57. The highest BCUT2D eigenvalue weighted by atomic mass is 16.6. The maximum atomic E-state index is 11.8. The molecule has 0 saturated carbocycles. The van der Waals surface area contributed by atoms with Gasteiger partial charge < -0.3 is 14.2 Å². The first-order chi connectivity index (χ1) is 14.6. The molecule has 1 saturated heterocycles. The zero-order valence-corrected chi connectivity index (χ0v) is 16.7. The Kier molecular flexibility index (Phi) is 4.59. The van der Waals surface area contributed by atoms with E-state index in [1.807, 2.05) is 31.2 Å². The Morgan fingerprint density at radius 3 is 2.67 bits per heavy atom. The standard InChI is InChI=1S/C23H22N4O3/c1-16-24-23-21(13-19(14-22(23)27(28)29)25-9-11-30-12-10-25)26(16)15-18-7-4-6-17-5-2-3-8-20(17)18/h2-8,13-14H,9-12,15H2,1H3. The van der Waals surface area contributed by atoms with Crippen LogP contribution < -0.4 is 4.90 Å². The highest BCUT2D eigenvalue weighted by Crippen LogP contribution is 2.33. The molecule has 4 aromatic rings. The van der Waals surface area contributed by atoms with Crippen molar-refractivity contribution >= 4 is 33.2 Å². The van der Waals surface area contributed by atoms with Crippen LogP contribution in [0, 0.1) is 17.0 Å². The third-order valence-electron chi connectivity index (χ3n) is 5.79. The van der Waals surface area contributed by atoms with Gasteiger partial charge in [0.25, 0.3) is 5.69 Å². The largest absolute Gasteiger partial charge is 0.378 e. The van der Waals surface area contributed by atoms with Gasteiger partial charge in [0.1, 0.15) is 5.82 Å². The lowest BCUT2D eigenvalue weighted by molar-refractivity contribution is -0.383. The molecular weight excluding hydrogens is 380 g/mol. The summed E-state index contributed by atoms with van der Waals surface area (Å²) in [4.78, 5) is 18.2. The number of aryl methyl sites for hydroxylation is 1. The maximum Gasteiger partial charge on any atom is 0.299 e. The molecule has 152 valence electrons. The summed E-state index contributed by atoms with van der Waals surface area (Å²) in [6.07, 6.45) is 0. The number of non-ortho nitro benzene ring substituents is 1. The summed E-state index contributed by atoms with van der Waals surface area (Å²) in [6, 6.07) is 18.2. The van der Waals surface area contributed by atoms with E-state index >= 15 is 0 Å². The fraction of sp³-hybridized carbons (Fsp3) is 0.261. The summed E-state index contributed by atoms with van der Waals surface area (Å²) in [7, 11) is 0. The topological polar surface area (TPSA) is 73.4 Å². The minimum absolute atomic E-state index is 0.0498. The number of nitrogens with zero attached hydrogens (tertiary/aromatic N) is 4. The molecular formula is C23H22N4O3. The Labute approximate surface area is 173 Å². The summed E-state index contributed by atoms with van der Waals surface area (Å²) in [5, 5.41) is 14.2. The molecule has 0 unspecified atom stereocenters. The number of nitro groups is 1. The Morgan fingerprint density at radius 2 is 1.87 bits per heavy atom. The molecule has 1 aliphatic rings. The van der Waals surface area contributed by atoms with E-state index in [1.54, 1.807) is 6.07 Å². The number of imidazole rings is 1. The van der Waals surface area contributed by atoms with Gasteiger partial charge in [-0.1, -0.05) is 42.5 Å². The van der Waals surface area contributed by atoms with Crippen molar-refractivity contribution in [2.45, 2.75) is 13.5 Å². The number of hydrogen-bond acceptors (Lipinski definition) is 5. The van der Waals surface area contributed by atoms with Crippen LogP contribution in [0.1, 0.15) is 11.4 Å². The molecule has 30 heavy (non-hydrogen) atoms. The number of ether oxygens (including phenoxy) is 1. The minimum Gasteiger partial charge on any atom is -0.378 e. The van der Waals surface area contributed by atoms with E-state index in [4.69, 9.17) is 4.74 Å². The monoisotopic (exact) mass is 402 g/mol. The maximum absolute atomic E-state index is 11.8. The van der Waals surface area contributed by atoms with Gasteiger partial charge in [-0.25, -0.2) is 4.98 Å². The fourth-order valence-electron chi connectivity index (χ4n) is 4.25. The van der Waals surface area contributed by atoms with Crippen molar-refractivity contribution < 1.29 is 9.66 Å². The average Bonchev–Trinajstić information content (AvgIpc) is 3.09. The molecule has 5 rings (SSSR count). The molecule has 1 aromatic heterocycles. The number of anilines is 1. The van der Waals surface area contributed by atoms with Gasteiger partial charge in [-0.05, 0) is 29.3 Å². The number of fused-ring (bicyclic) bond motifs is 2. The van der Waals surface area contributed by atoms with Crippen LogP contribution in [-0.4, -0.2) is 40.8 Å². The molecule has 0 aliphatic carbocycles. The summed E-state index contributed by atoms with van der Waals surface area (Å²) < 4.78 is 7.52. The van der Waals surface area contributed by atoms with Crippen LogP contribution in [0.3, 0.4) is 0 Å². The summed E-state index contributed by atoms with van der Waals surface area (Å²) >= 11 is 0. The van der Waals surface area contributed by atoms with E-state index in [9.17, 15) is 10.1 Å². The van der Waals surface area contributed by atoms with Crippen molar-refractivity contribution in [3.63, 3.8) is 0 Å². The number of hydrogen-bond donors (Lipinski definition) is 0. The molecule has 7 heteroatoms. The van der Waals surface area contributed by atoms with Crippen molar-refractivity contribution in [3.05, 3.63) is 76.1 Å². The fourth-order valence-corrected chi connectivity index (χ4v) is 4.25. The zero-order valence-electron chi connectivity index (χ0n) is 16.7. The van der Waals surface area contributed by atoms with Crippen LogP contribution in [-0.2, 0) is 11.3 Å². The van der Waals surface area contributed by atoms with E-state index in [-0.39, 0.29) is 10.6 Å². The van der Waals surface area contributed by atoms with Crippen LogP contribution in [0.2, 0.25) is 0 Å². The Hall–Kier alpha value is -3.45. The Bertz CT molecular complexity index is 1250. The molecule has 0 bridgehead atoms. The predicted molar refractivity (Wildman–Crippen MR) is 117 cm³/mol.